The summed E-state index contributed by atoms with van der Waals surface area (Å²) in [6.07, 6.45) is 8.74. The lowest BCUT2D eigenvalue weighted by Crippen LogP contribution is -1.92. The van der Waals surface area contributed by atoms with Gasteiger partial charge < -0.3 is 5.73 Å². The standard InChI is InChI=1S/C11H11N/c12-7-1-2-9-3-4-10-5-6-11(10)8-9/h1,3-8H,2,12H2. The van der Waals surface area contributed by atoms with Gasteiger partial charge in [-0.25, -0.2) is 0 Å². The molecule has 0 bridgehead atoms. The van der Waals surface area contributed by atoms with E-state index in [0.717, 1.165) is 6.42 Å². The van der Waals surface area contributed by atoms with Crippen LogP contribution in [0.4, 0.5) is 0 Å². The Bertz CT molecular complexity index is 348. The van der Waals surface area contributed by atoms with Crippen molar-refractivity contribution < 1.29 is 0 Å². The molecule has 60 valence electrons. The van der Waals surface area contributed by atoms with Crippen LogP contribution in [-0.2, 0) is 6.42 Å². The molecule has 0 aromatic heterocycles. The zero-order valence-corrected chi connectivity index (χ0v) is 6.83. The Morgan fingerprint density at radius 1 is 1.17 bits per heavy atom. The average Bonchev–Trinajstić information content (AvgIpc) is 2.05. The van der Waals surface area contributed by atoms with Crippen molar-refractivity contribution in [2.75, 3.05) is 0 Å². The van der Waals surface area contributed by atoms with Gasteiger partial charge >= 0.3 is 0 Å². The molecule has 1 aromatic carbocycles. The van der Waals surface area contributed by atoms with E-state index in [9.17, 15) is 0 Å². The highest BCUT2D eigenvalue weighted by Crippen LogP contribution is 2.24. The molecule has 2 N–H and O–H groups in total. The van der Waals surface area contributed by atoms with E-state index >= 15 is 0 Å². The summed E-state index contributed by atoms with van der Waals surface area (Å²) in [6, 6.07) is 6.49. The summed E-state index contributed by atoms with van der Waals surface area (Å²) < 4.78 is 0. The molecule has 0 aliphatic heterocycles. The minimum Gasteiger partial charge on any atom is -0.405 e. The lowest BCUT2D eigenvalue weighted by Gasteiger charge is -2.10. The van der Waals surface area contributed by atoms with Crippen LogP contribution in [0.5, 0.6) is 0 Å². The van der Waals surface area contributed by atoms with Crippen LogP contribution in [-0.4, -0.2) is 0 Å². The summed E-state index contributed by atoms with van der Waals surface area (Å²) in [7, 11) is 0. The van der Waals surface area contributed by atoms with Gasteiger partial charge in [0.25, 0.3) is 0 Å². The Morgan fingerprint density at radius 2 is 2.00 bits per heavy atom. The first-order valence-electron chi connectivity index (χ1n) is 4.08. The topological polar surface area (TPSA) is 26.0 Å². The molecule has 0 atom stereocenters. The summed E-state index contributed by atoms with van der Waals surface area (Å²) in [4.78, 5) is 0. The van der Waals surface area contributed by atoms with Crippen LogP contribution < -0.4 is 5.73 Å². The summed E-state index contributed by atoms with van der Waals surface area (Å²) in [5.74, 6) is 0. The fraction of sp³-hybridized carbons (Fsp3) is 0.0909. The van der Waals surface area contributed by atoms with E-state index in [4.69, 9.17) is 5.73 Å². The normalized spacial score (nSPS) is 13.0. The first kappa shape index (κ1) is 7.17. The minimum atomic E-state index is 0.928. The van der Waals surface area contributed by atoms with Crippen LogP contribution in [0, 0.1) is 0 Å². The van der Waals surface area contributed by atoms with Gasteiger partial charge in [-0.3, -0.25) is 0 Å². The van der Waals surface area contributed by atoms with Gasteiger partial charge in [0, 0.05) is 0 Å². The maximum Gasteiger partial charge on any atom is -0.00801 e. The summed E-state index contributed by atoms with van der Waals surface area (Å²) in [5, 5.41) is 0. The highest BCUT2D eigenvalue weighted by atomic mass is 14.5. The van der Waals surface area contributed by atoms with E-state index in [1.807, 2.05) is 6.08 Å². The molecule has 0 heterocycles. The van der Waals surface area contributed by atoms with Gasteiger partial charge in [-0.2, -0.15) is 0 Å². The number of hydrogen-bond acceptors (Lipinski definition) is 1. The number of hydrogen-bond donors (Lipinski definition) is 1. The molecule has 1 nitrogen and oxygen atoms in total. The number of rotatable bonds is 2. The number of fused-ring (bicyclic) bond motifs is 1. The smallest absolute Gasteiger partial charge is 0.00801 e. The second kappa shape index (κ2) is 2.86. The van der Waals surface area contributed by atoms with E-state index in [1.54, 1.807) is 6.20 Å². The third kappa shape index (κ3) is 1.14. The van der Waals surface area contributed by atoms with Gasteiger partial charge in [-0.1, -0.05) is 36.4 Å². The molecule has 12 heavy (non-hydrogen) atoms. The van der Waals surface area contributed by atoms with E-state index in [-0.39, 0.29) is 0 Å². The van der Waals surface area contributed by atoms with Crippen LogP contribution in [0.1, 0.15) is 16.7 Å². The molecule has 1 aromatic rings. The molecule has 0 radical (unpaired) electrons. The van der Waals surface area contributed by atoms with Gasteiger partial charge in [0.15, 0.2) is 0 Å². The Labute approximate surface area is 72.2 Å². The van der Waals surface area contributed by atoms with Crippen LogP contribution >= 0.6 is 0 Å². The van der Waals surface area contributed by atoms with Crippen molar-refractivity contribution >= 4 is 12.2 Å². The zero-order valence-electron chi connectivity index (χ0n) is 6.83. The summed E-state index contributed by atoms with van der Waals surface area (Å²) >= 11 is 0. The average molecular weight is 157 g/mol. The summed E-state index contributed by atoms with van der Waals surface area (Å²) in [6.45, 7) is 0. The monoisotopic (exact) mass is 157 g/mol. The fourth-order valence-corrected chi connectivity index (χ4v) is 1.33. The Kier molecular flexibility index (Phi) is 1.71. The van der Waals surface area contributed by atoms with Gasteiger partial charge in [-0.05, 0) is 29.3 Å². The molecule has 1 heteroatoms. The third-order valence-corrected chi connectivity index (χ3v) is 2.08. The maximum absolute atomic E-state index is 5.26. The SMILES string of the molecule is NC=CCc1ccc2c(c1)C=C2. The number of allylic oxidation sites excluding steroid dienone is 1. The van der Waals surface area contributed by atoms with Crippen LogP contribution in [0.2, 0.25) is 0 Å². The third-order valence-electron chi connectivity index (χ3n) is 2.08. The van der Waals surface area contributed by atoms with Crippen molar-refractivity contribution in [3.63, 3.8) is 0 Å². The largest absolute Gasteiger partial charge is 0.405 e. The van der Waals surface area contributed by atoms with Gasteiger partial charge in [0.1, 0.15) is 0 Å². The molecular weight excluding hydrogens is 146 g/mol. The quantitative estimate of drug-likeness (QED) is 0.710. The molecule has 0 saturated heterocycles. The minimum absolute atomic E-state index is 0.928. The van der Waals surface area contributed by atoms with Crippen molar-refractivity contribution in [3.05, 3.63) is 47.2 Å². The summed E-state index contributed by atoms with van der Waals surface area (Å²) in [5.41, 5.74) is 9.27. The molecule has 0 amide bonds. The predicted molar refractivity (Wildman–Crippen MR) is 52.4 cm³/mol. The van der Waals surface area contributed by atoms with E-state index in [0.29, 0.717) is 0 Å². The van der Waals surface area contributed by atoms with E-state index in [1.165, 1.54) is 16.7 Å². The molecule has 0 spiro atoms. The van der Waals surface area contributed by atoms with Crippen molar-refractivity contribution in [3.8, 4) is 0 Å². The lowest BCUT2D eigenvalue weighted by molar-refractivity contribution is 1.25. The van der Waals surface area contributed by atoms with Crippen molar-refractivity contribution in [2.24, 2.45) is 5.73 Å². The molecular formula is C11H11N. The van der Waals surface area contributed by atoms with E-state index < -0.39 is 0 Å². The highest BCUT2D eigenvalue weighted by Gasteiger charge is 2.04. The van der Waals surface area contributed by atoms with Gasteiger partial charge in [0.05, 0.1) is 0 Å². The molecule has 1 aliphatic carbocycles. The fourth-order valence-electron chi connectivity index (χ4n) is 1.33. The Balaban J connectivity index is 2.20. The van der Waals surface area contributed by atoms with Crippen LogP contribution in [0.15, 0.2) is 30.5 Å². The molecule has 0 unspecified atom stereocenters. The molecule has 0 fully saturated rings. The lowest BCUT2D eigenvalue weighted by atomic mass is 9.95. The van der Waals surface area contributed by atoms with Crippen LogP contribution in [0.25, 0.3) is 12.2 Å². The number of nitrogens with two attached hydrogens (primary N) is 1. The van der Waals surface area contributed by atoms with Gasteiger partial charge in [-0.15, -0.1) is 0 Å². The number of benzene rings is 1. The zero-order chi connectivity index (χ0) is 8.39. The van der Waals surface area contributed by atoms with Crippen molar-refractivity contribution in [1.29, 1.82) is 0 Å². The maximum atomic E-state index is 5.26. The molecule has 2 rings (SSSR count). The first-order chi connectivity index (χ1) is 5.90. The van der Waals surface area contributed by atoms with Gasteiger partial charge in [0.2, 0.25) is 0 Å². The first-order valence-corrected chi connectivity index (χ1v) is 4.08. The predicted octanol–water partition coefficient (Wildman–Crippen LogP) is 2.19. The van der Waals surface area contributed by atoms with Crippen molar-refractivity contribution in [1.82, 2.24) is 0 Å². The highest BCUT2D eigenvalue weighted by molar-refractivity contribution is 5.85. The Hall–Kier alpha value is -1.50. The molecule has 1 aliphatic rings. The molecule has 0 saturated carbocycles. The second-order valence-electron chi connectivity index (χ2n) is 2.93. The van der Waals surface area contributed by atoms with Crippen LogP contribution in [0.3, 0.4) is 0 Å². The van der Waals surface area contributed by atoms with E-state index in [2.05, 4.69) is 30.4 Å². The Morgan fingerprint density at radius 3 is 2.58 bits per heavy atom. The second-order valence-corrected chi connectivity index (χ2v) is 2.93. The van der Waals surface area contributed by atoms with Crippen molar-refractivity contribution in [2.45, 2.75) is 6.42 Å².